The van der Waals surface area contributed by atoms with E-state index in [0.717, 1.165) is 10.5 Å². The third kappa shape index (κ3) is 5.82. The maximum absolute atomic E-state index is 14.4. The number of carbonyl (C=O) groups is 3. The molecule has 8 nitrogen and oxygen atoms in total. The van der Waals surface area contributed by atoms with Gasteiger partial charge in [0.15, 0.2) is 0 Å². The van der Waals surface area contributed by atoms with Crippen molar-refractivity contribution in [3.63, 3.8) is 0 Å². The van der Waals surface area contributed by atoms with Crippen molar-refractivity contribution < 1.29 is 28.6 Å². The van der Waals surface area contributed by atoms with E-state index >= 15 is 0 Å². The van der Waals surface area contributed by atoms with Gasteiger partial charge in [0.05, 0.1) is 12.3 Å². The van der Waals surface area contributed by atoms with E-state index in [1.54, 1.807) is 54.6 Å². The minimum atomic E-state index is -1.21. The van der Waals surface area contributed by atoms with Crippen molar-refractivity contribution in [1.29, 1.82) is 0 Å². The van der Waals surface area contributed by atoms with Gasteiger partial charge in [-0.1, -0.05) is 42.5 Å². The summed E-state index contributed by atoms with van der Waals surface area (Å²) in [7, 11) is 0. The maximum atomic E-state index is 14.4. The molecule has 3 aromatic carbocycles. The number of urea groups is 1. The highest BCUT2D eigenvalue weighted by Gasteiger charge is 2.45. The first-order valence-electron chi connectivity index (χ1n) is 11.1. The van der Waals surface area contributed by atoms with Crippen LogP contribution in [0.5, 0.6) is 5.75 Å². The Morgan fingerprint density at radius 1 is 1.11 bits per heavy atom. The maximum Gasteiger partial charge on any atom is 0.325 e. The van der Waals surface area contributed by atoms with E-state index in [-0.39, 0.29) is 25.3 Å². The number of aliphatic hydroxyl groups excluding tert-OH is 1. The second kappa shape index (κ2) is 11.5. The van der Waals surface area contributed by atoms with E-state index < -0.39 is 35.7 Å². The molecule has 1 aliphatic rings. The normalized spacial score (nSPS) is 16.0. The third-order valence-corrected chi connectivity index (χ3v) is 6.29. The van der Waals surface area contributed by atoms with Gasteiger partial charge in [0.25, 0.3) is 5.91 Å². The Labute approximate surface area is 220 Å². The number of amides is 4. The van der Waals surface area contributed by atoms with Crippen molar-refractivity contribution >= 4 is 46.1 Å². The van der Waals surface area contributed by atoms with Crippen LogP contribution >= 0.6 is 22.6 Å². The zero-order valence-corrected chi connectivity index (χ0v) is 21.1. The zero-order chi connectivity index (χ0) is 25.7. The second-order valence-electron chi connectivity index (χ2n) is 8.05. The molecular weight excluding hydrogens is 580 g/mol. The lowest BCUT2D eigenvalue weighted by Crippen LogP contribution is -2.49. The highest BCUT2D eigenvalue weighted by Crippen LogP contribution is 2.27. The predicted octanol–water partition coefficient (Wildman–Crippen LogP) is 3.64. The highest BCUT2D eigenvalue weighted by molar-refractivity contribution is 14.1. The van der Waals surface area contributed by atoms with Crippen molar-refractivity contribution in [3.8, 4) is 5.75 Å². The molecule has 0 aromatic heterocycles. The number of aliphatic hydroxyl groups is 1. The summed E-state index contributed by atoms with van der Waals surface area (Å²) in [6.07, 6.45) is 0.0540. The van der Waals surface area contributed by atoms with Crippen LogP contribution in [0.1, 0.15) is 17.2 Å². The Kier molecular flexibility index (Phi) is 8.16. The summed E-state index contributed by atoms with van der Waals surface area (Å²) in [5.41, 5.74) is 1.20. The minimum absolute atomic E-state index is 0.0412. The van der Waals surface area contributed by atoms with E-state index in [4.69, 9.17) is 9.84 Å². The molecule has 0 radical (unpaired) electrons. The SMILES string of the molecule is O=C(Nc1ccc(I)cc1F)C(Cc1ccccc1)N1C(=O)NC(c2ccc(OCCO)cc2)C1=O. The van der Waals surface area contributed by atoms with Crippen LogP contribution in [0.3, 0.4) is 0 Å². The van der Waals surface area contributed by atoms with Crippen LogP contribution in [0.4, 0.5) is 14.9 Å². The van der Waals surface area contributed by atoms with Crippen LogP contribution in [-0.4, -0.2) is 47.1 Å². The summed E-state index contributed by atoms with van der Waals surface area (Å²) in [6, 6.07) is 16.9. The van der Waals surface area contributed by atoms with Gasteiger partial charge in [0.1, 0.15) is 30.3 Å². The van der Waals surface area contributed by atoms with E-state index in [1.165, 1.54) is 12.1 Å². The molecule has 3 aromatic rings. The lowest BCUT2D eigenvalue weighted by molar-refractivity contribution is -0.134. The van der Waals surface area contributed by atoms with Crippen LogP contribution in [0.25, 0.3) is 0 Å². The quantitative estimate of drug-likeness (QED) is 0.256. The summed E-state index contributed by atoms with van der Waals surface area (Å²) in [5, 5.41) is 14.1. The number of imide groups is 1. The number of nitrogens with zero attached hydrogens (tertiary/aromatic N) is 1. The fraction of sp³-hybridized carbons (Fsp3) is 0.192. The fourth-order valence-corrected chi connectivity index (χ4v) is 4.33. The van der Waals surface area contributed by atoms with Gasteiger partial charge in [-0.25, -0.2) is 14.1 Å². The van der Waals surface area contributed by atoms with Crippen LogP contribution in [0, 0.1) is 9.39 Å². The first kappa shape index (κ1) is 25.6. The standard InChI is InChI=1S/C26H23FIN3O5/c27-20-15-18(28)8-11-21(20)29-24(33)22(14-16-4-2-1-3-5-16)31-25(34)23(30-26(31)35)17-6-9-19(10-7-17)36-13-12-32/h1-11,15,22-23,32H,12-14H2,(H,29,33)(H,30,35). The second-order valence-corrected chi connectivity index (χ2v) is 9.30. The van der Waals surface area contributed by atoms with Gasteiger partial charge in [0.2, 0.25) is 5.91 Å². The van der Waals surface area contributed by atoms with E-state index in [0.29, 0.717) is 14.9 Å². The first-order valence-corrected chi connectivity index (χ1v) is 12.2. The van der Waals surface area contributed by atoms with E-state index in [9.17, 15) is 18.8 Å². The molecule has 1 heterocycles. The minimum Gasteiger partial charge on any atom is -0.491 e. The number of rotatable bonds is 9. The topological polar surface area (TPSA) is 108 Å². The molecule has 1 saturated heterocycles. The van der Waals surface area contributed by atoms with Gasteiger partial charge in [-0.3, -0.25) is 9.59 Å². The summed E-state index contributed by atoms with van der Waals surface area (Å²) in [4.78, 5) is 40.6. The largest absolute Gasteiger partial charge is 0.491 e. The molecule has 1 aliphatic heterocycles. The summed E-state index contributed by atoms with van der Waals surface area (Å²) in [5.74, 6) is -1.39. The summed E-state index contributed by atoms with van der Waals surface area (Å²) < 4.78 is 20.4. The van der Waals surface area contributed by atoms with Gasteiger partial charge >= 0.3 is 6.03 Å². The van der Waals surface area contributed by atoms with Crippen molar-refractivity contribution in [2.75, 3.05) is 18.5 Å². The van der Waals surface area contributed by atoms with Gasteiger partial charge in [0, 0.05) is 9.99 Å². The summed E-state index contributed by atoms with van der Waals surface area (Å²) >= 11 is 1.96. The number of hydrogen-bond donors (Lipinski definition) is 3. The van der Waals surface area contributed by atoms with E-state index in [1.807, 2.05) is 28.7 Å². The van der Waals surface area contributed by atoms with Crippen molar-refractivity contribution in [1.82, 2.24) is 10.2 Å². The molecule has 2 unspecified atom stereocenters. The van der Waals surface area contributed by atoms with Gasteiger partial charge in [-0.15, -0.1) is 0 Å². The van der Waals surface area contributed by atoms with Gasteiger partial charge in [-0.05, 0) is 64.0 Å². The summed E-state index contributed by atoms with van der Waals surface area (Å²) in [6.45, 7) is -0.00544. The number of halogens is 2. The highest BCUT2D eigenvalue weighted by atomic mass is 127. The fourth-order valence-electron chi connectivity index (χ4n) is 3.88. The van der Waals surface area contributed by atoms with Gasteiger partial charge in [-0.2, -0.15) is 0 Å². The molecule has 4 amide bonds. The molecule has 10 heteroatoms. The van der Waals surface area contributed by atoms with Crippen molar-refractivity contribution in [3.05, 3.63) is 93.3 Å². The van der Waals surface area contributed by atoms with Crippen molar-refractivity contribution in [2.45, 2.75) is 18.5 Å². The van der Waals surface area contributed by atoms with Crippen LogP contribution in [0.15, 0.2) is 72.8 Å². The number of anilines is 1. The average molecular weight is 603 g/mol. The molecular formula is C26H23FIN3O5. The van der Waals surface area contributed by atoms with Gasteiger partial charge < -0.3 is 20.5 Å². The molecule has 3 N–H and O–H groups in total. The molecule has 1 fully saturated rings. The first-order chi connectivity index (χ1) is 17.4. The third-order valence-electron chi connectivity index (χ3n) is 5.62. The number of benzene rings is 3. The van der Waals surface area contributed by atoms with Crippen LogP contribution in [0.2, 0.25) is 0 Å². The Hall–Kier alpha value is -3.51. The molecule has 2 atom stereocenters. The molecule has 0 spiro atoms. The van der Waals surface area contributed by atoms with E-state index in [2.05, 4.69) is 10.6 Å². The Morgan fingerprint density at radius 3 is 2.50 bits per heavy atom. The molecule has 4 rings (SSSR count). The number of nitrogens with one attached hydrogen (secondary N) is 2. The van der Waals surface area contributed by atoms with Crippen LogP contribution in [-0.2, 0) is 16.0 Å². The number of ether oxygens (including phenoxy) is 1. The molecule has 186 valence electrons. The lowest BCUT2D eigenvalue weighted by atomic mass is 10.0. The smallest absolute Gasteiger partial charge is 0.325 e. The van der Waals surface area contributed by atoms with Crippen LogP contribution < -0.4 is 15.4 Å². The molecule has 0 bridgehead atoms. The molecule has 0 aliphatic carbocycles. The predicted molar refractivity (Wildman–Crippen MR) is 139 cm³/mol. The molecule has 0 saturated carbocycles. The average Bonchev–Trinajstić information content (AvgIpc) is 3.17. The Balaban J connectivity index is 1.60. The number of hydrogen-bond acceptors (Lipinski definition) is 5. The number of carbonyl (C=O) groups excluding carboxylic acids is 3. The van der Waals surface area contributed by atoms with Crippen molar-refractivity contribution in [2.24, 2.45) is 0 Å². The zero-order valence-electron chi connectivity index (χ0n) is 19.0. The lowest BCUT2D eigenvalue weighted by Gasteiger charge is -2.25. The Morgan fingerprint density at radius 2 is 1.83 bits per heavy atom. The monoisotopic (exact) mass is 603 g/mol. The Bertz CT molecular complexity index is 1260. The molecule has 36 heavy (non-hydrogen) atoms.